The lowest BCUT2D eigenvalue weighted by Gasteiger charge is -2.16. The van der Waals surface area contributed by atoms with Crippen molar-refractivity contribution in [2.75, 3.05) is 28.2 Å². The van der Waals surface area contributed by atoms with E-state index < -0.39 is 27.6 Å². The third-order valence-corrected chi connectivity index (χ3v) is 5.67. The summed E-state index contributed by atoms with van der Waals surface area (Å²) in [5, 5.41) is 5.45. The van der Waals surface area contributed by atoms with Crippen molar-refractivity contribution in [2.24, 2.45) is 0 Å². The first-order valence-electron chi connectivity index (χ1n) is 9.65. The fourth-order valence-electron chi connectivity index (χ4n) is 2.66. The van der Waals surface area contributed by atoms with Gasteiger partial charge < -0.3 is 15.4 Å². The van der Waals surface area contributed by atoms with Gasteiger partial charge in [0.1, 0.15) is 22.9 Å². The fraction of sp³-hybridized carbons (Fsp3) is 0.250. The maximum Gasteiger partial charge on any atom is 0.421 e. The van der Waals surface area contributed by atoms with E-state index >= 15 is 0 Å². The highest BCUT2D eigenvalue weighted by Crippen LogP contribution is 2.34. The van der Waals surface area contributed by atoms with Gasteiger partial charge in [-0.25, -0.2) is 18.4 Å². The fourth-order valence-corrected chi connectivity index (χ4v) is 3.28. The van der Waals surface area contributed by atoms with Gasteiger partial charge >= 0.3 is 6.18 Å². The molecule has 3 rings (SSSR count). The Hall–Kier alpha value is -3.61. The summed E-state index contributed by atoms with van der Waals surface area (Å²) in [4.78, 5) is 11.7. The van der Waals surface area contributed by atoms with E-state index in [1.165, 1.54) is 20.2 Å². The molecule has 0 atom stereocenters. The number of hydrogen-bond acceptors (Lipinski definition) is 8. The zero-order valence-corrected chi connectivity index (χ0v) is 18.5. The van der Waals surface area contributed by atoms with Gasteiger partial charge in [0.05, 0.1) is 12.9 Å². The predicted molar refractivity (Wildman–Crippen MR) is 118 cm³/mol. The van der Waals surface area contributed by atoms with Crippen LogP contribution >= 0.6 is 0 Å². The molecule has 176 valence electrons. The maximum absolute atomic E-state index is 13.5. The number of rotatable bonds is 9. The molecule has 0 unspecified atom stereocenters. The number of anilines is 4. The smallest absolute Gasteiger partial charge is 0.421 e. The second-order valence-electron chi connectivity index (χ2n) is 6.68. The van der Waals surface area contributed by atoms with Crippen molar-refractivity contribution in [1.82, 2.24) is 15.0 Å². The van der Waals surface area contributed by atoms with Gasteiger partial charge in [-0.1, -0.05) is 6.07 Å². The van der Waals surface area contributed by atoms with Gasteiger partial charge in [0.15, 0.2) is 0 Å². The van der Waals surface area contributed by atoms with Gasteiger partial charge in [0.2, 0.25) is 16.0 Å². The minimum Gasteiger partial charge on any atom is -0.497 e. The number of benzene rings is 1. The summed E-state index contributed by atoms with van der Waals surface area (Å²) < 4.78 is 71.7. The molecule has 1 aromatic carbocycles. The first-order valence-corrected chi connectivity index (χ1v) is 11.3. The molecule has 0 bridgehead atoms. The molecule has 3 N–H and O–H groups in total. The number of hydrogen-bond donors (Lipinski definition) is 3. The molecule has 13 heteroatoms. The van der Waals surface area contributed by atoms with Crippen LogP contribution in [0.5, 0.6) is 5.75 Å². The van der Waals surface area contributed by atoms with E-state index in [1.54, 1.807) is 36.4 Å². The van der Waals surface area contributed by atoms with Crippen molar-refractivity contribution in [3.05, 3.63) is 59.9 Å². The molecule has 0 fully saturated rings. The summed E-state index contributed by atoms with van der Waals surface area (Å²) in [5.74, 6) is -0.0790. The second-order valence-corrected chi connectivity index (χ2v) is 8.69. The first-order chi connectivity index (χ1) is 15.6. The number of methoxy groups -OCH3 is 1. The zero-order valence-electron chi connectivity index (χ0n) is 17.6. The topological polar surface area (TPSA) is 118 Å². The van der Waals surface area contributed by atoms with E-state index in [2.05, 4.69) is 30.3 Å². The molecule has 2 heterocycles. The van der Waals surface area contributed by atoms with Crippen LogP contribution in [0.4, 0.5) is 36.4 Å². The zero-order chi connectivity index (χ0) is 24.1. The van der Waals surface area contributed by atoms with Gasteiger partial charge in [-0.2, -0.15) is 18.2 Å². The number of pyridine rings is 1. The molecule has 9 nitrogen and oxygen atoms in total. The lowest BCUT2D eigenvalue weighted by atomic mass is 10.2. The predicted octanol–water partition coefficient (Wildman–Crippen LogP) is 4.02. The third kappa shape index (κ3) is 6.44. The summed E-state index contributed by atoms with van der Waals surface area (Å²) in [6.45, 7) is 1.29. The molecule has 0 saturated carbocycles. The number of sulfonamides is 1. The summed E-state index contributed by atoms with van der Waals surface area (Å²) in [5.41, 5.74) is -0.182. The molecule has 0 aliphatic rings. The quantitative estimate of drug-likeness (QED) is 0.419. The monoisotopic (exact) mass is 482 g/mol. The highest BCUT2D eigenvalue weighted by atomic mass is 32.2. The molecule has 3 aromatic rings. The minimum absolute atomic E-state index is 0.0195. The van der Waals surface area contributed by atoms with E-state index in [9.17, 15) is 21.6 Å². The number of ether oxygens (including phenoxy) is 1. The molecule has 0 saturated heterocycles. The Labute approximate surface area is 188 Å². The lowest BCUT2D eigenvalue weighted by molar-refractivity contribution is -0.137. The van der Waals surface area contributed by atoms with Crippen LogP contribution in [0.25, 0.3) is 0 Å². The van der Waals surface area contributed by atoms with Crippen LogP contribution < -0.4 is 20.1 Å². The molecule has 0 aliphatic heterocycles. The lowest BCUT2D eigenvalue weighted by Crippen LogP contribution is -2.18. The summed E-state index contributed by atoms with van der Waals surface area (Å²) in [7, 11) is -2.11. The van der Waals surface area contributed by atoms with Gasteiger partial charge in [-0.15, -0.1) is 0 Å². The SMILES string of the molecule is CCS(=O)(=O)Nc1ncccc1CNc1nc(Nc2ccc(OC)cc2)ncc1C(F)(F)F. The van der Waals surface area contributed by atoms with Crippen molar-refractivity contribution in [3.8, 4) is 5.75 Å². The number of nitrogens with one attached hydrogen (secondary N) is 3. The van der Waals surface area contributed by atoms with E-state index in [1.807, 2.05) is 0 Å². The van der Waals surface area contributed by atoms with Gasteiger partial charge in [-0.3, -0.25) is 4.72 Å². The Bertz CT molecular complexity index is 1200. The van der Waals surface area contributed by atoms with Crippen LogP contribution in [-0.2, 0) is 22.7 Å². The van der Waals surface area contributed by atoms with Crippen molar-refractivity contribution in [2.45, 2.75) is 19.6 Å². The molecule has 0 radical (unpaired) electrons. The molecule has 2 aromatic heterocycles. The van der Waals surface area contributed by atoms with Gasteiger partial charge in [0.25, 0.3) is 0 Å². The maximum atomic E-state index is 13.5. The number of nitrogens with zero attached hydrogens (tertiary/aromatic N) is 3. The van der Waals surface area contributed by atoms with E-state index in [-0.39, 0.29) is 24.1 Å². The summed E-state index contributed by atoms with van der Waals surface area (Å²) in [6.07, 6.45) is -2.66. The molecule has 0 aliphatic carbocycles. The Morgan fingerprint density at radius 1 is 1.06 bits per heavy atom. The summed E-state index contributed by atoms with van der Waals surface area (Å²) >= 11 is 0. The van der Waals surface area contributed by atoms with Crippen LogP contribution in [0.3, 0.4) is 0 Å². The van der Waals surface area contributed by atoms with E-state index in [0.717, 1.165) is 0 Å². The average molecular weight is 482 g/mol. The van der Waals surface area contributed by atoms with Gasteiger partial charge in [-0.05, 0) is 37.3 Å². The second kappa shape index (κ2) is 9.90. The van der Waals surface area contributed by atoms with Crippen LogP contribution in [-0.4, -0.2) is 36.2 Å². The van der Waals surface area contributed by atoms with Gasteiger partial charge in [0, 0.05) is 30.2 Å². The number of aromatic nitrogens is 3. The van der Waals surface area contributed by atoms with E-state index in [4.69, 9.17) is 4.74 Å². The Kier molecular flexibility index (Phi) is 7.21. The van der Waals surface area contributed by atoms with Crippen molar-refractivity contribution in [1.29, 1.82) is 0 Å². The van der Waals surface area contributed by atoms with Crippen molar-refractivity contribution >= 4 is 33.3 Å². The Morgan fingerprint density at radius 3 is 2.42 bits per heavy atom. The average Bonchev–Trinajstić information content (AvgIpc) is 2.78. The highest BCUT2D eigenvalue weighted by molar-refractivity contribution is 7.92. The number of halogens is 3. The third-order valence-electron chi connectivity index (χ3n) is 4.41. The number of alkyl halides is 3. The molecular weight excluding hydrogens is 461 g/mol. The Balaban J connectivity index is 1.86. The van der Waals surface area contributed by atoms with Crippen LogP contribution in [0.15, 0.2) is 48.8 Å². The molecular formula is C20H21F3N6O3S. The van der Waals surface area contributed by atoms with Crippen LogP contribution in [0.1, 0.15) is 18.1 Å². The standard InChI is InChI=1S/C20H21F3N6O3S/c1-3-33(30,31)29-17-13(5-4-10-24-17)11-25-18-16(20(21,22)23)12-26-19(28-18)27-14-6-8-15(32-2)9-7-14/h4-10,12H,3,11H2,1-2H3,(H,24,29)(H2,25,26,27,28). The minimum atomic E-state index is -4.71. The molecule has 0 spiro atoms. The molecule has 33 heavy (non-hydrogen) atoms. The normalized spacial score (nSPS) is 11.7. The van der Waals surface area contributed by atoms with Crippen LogP contribution in [0, 0.1) is 0 Å². The van der Waals surface area contributed by atoms with Crippen molar-refractivity contribution < 1.29 is 26.3 Å². The van der Waals surface area contributed by atoms with Crippen LogP contribution in [0.2, 0.25) is 0 Å². The first kappa shape index (κ1) is 24.0. The van der Waals surface area contributed by atoms with Crippen molar-refractivity contribution in [3.63, 3.8) is 0 Å². The molecule has 0 amide bonds. The highest BCUT2D eigenvalue weighted by Gasteiger charge is 2.35. The Morgan fingerprint density at radius 2 is 1.79 bits per heavy atom. The van der Waals surface area contributed by atoms with E-state index in [0.29, 0.717) is 23.2 Å². The summed E-state index contributed by atoms with van der Waals surface area (Å²) in [6, 6.07) is 9.75. The largest absolute Gasteiger partial charge is 0.497 e.